The molecule has 1 aromatic heterocycles. The molecule has 0 aliphatic rings. The molecule has 1 aromatic carbocycles. The topological polar surface area (TPSA) is 82.2 Å². The van der Waals surface area contributed by atoms with E-state index < -0.39 is 12.0 Å². The quantitative estimate of drug-likeness (QED) is 0.589. The average Bonchev–Trinajstić information content (AvgIpc) is 2.80. The zero-order valence-corrected chi connectivity index (χ0v) is 13.6. The summed E-state index contributed by atoms with van der Waals surface area (Å²) in [7, 11) is 0. The standard InChI is InChI=1S/C14H15BrN2O3S/c15-9-1-2-11-10(6-9)8(7-16-11)5-12(14(19)20)17-13(18)3-4-21/h1-2,6-7,12,16,21H,3-5H2,(H,17,18)(H,19,20)/t12-/m0/s1. The van der Waals surface area contributed by atoms with Crippen LogP contribution in [0.25, 0.3) is 10.9 Å². The van der Waals surface area contributed by atoms with Gasteiger partial charge in [-0.3, -0.25) is 4.79 Å². The number of aromatic nitrogens is 1. The number of rotatable bonds is 6. The van der Waals surface area contributed by atoms with Crippen LogP contribution in [0.4, 0.5) is 0 Å². The summed E-state index contributed by atoms with van der Waals surface area (Å²) in [6, 6.07) is 4.80. The molecular weight excluding hydrogens is 356 g/mol. The maximum absolute atomic E-state index is 11.6. The van der Waals surface area contributed by atoms with Crippen molar-refractivity contribution in [3.63, 3.8) is 0 Å². The number of aromatic amines is 1. The molecule has 0 saturated carbocycles. The highest BCUT2D eigenvalue weighted by molar-refractivity contribution is 9.10. The zero-order chi connectivity index (χ0) is 15.4. The molecule has 0 aliphatic carbocycles. The minimum absolute atomic E-state index is 0.201. The first-order chi connectivity index (χ1) is 10.0. The fourth-order valence-electron chi connectivity index (χ4n) is 2.11. The Hall–Kier alpha value is -1.47. The Balaban J connectivity index is 2.20. The highest BCUT2D eigenvalue weighted by atomic mass is 79.9. The lowest BCUT2D eigenvalue weighted by Gasteiger charge is -2.14. The lowest BCUT2D eigenvalue weighted by atomic mass is 10.0. The van der Waals surface area contributed by atoms with Gasteiger partial charge in [-0.2, -0.15) is 12.6 Å². The van der Waals surface area contributed by atoms with Crippen LogP contribution < -0.4 is 5.32 Å². The number of benzene rings is 1. The number of thiol groups is 1. The summed E-state index contributed by atoms with van der Waals surface area (Å²) in [6.07, 6.45) is 2.20. The number of carboxylic acid groups (broad SMARTS) is 1. The number of halogens is 1. The van der Waals surface area contributed by atoms with Crippen LogP contribution in [-0.4, -0.2) is 33.8 Å². The van der Waals surface area contributed by atoms with E-state index in [1.54, 1.807) is 6.20 Å². The van der Waals surface area contributed by atoms with E-state index in [1.165, 1.54) is 0 Å². The van der Waals surface area contributed by atoms with Crippen LogP contribution in [0.5, 0.6) is 0 Å². The van der Waals surface area contributed by atoms with E-state index in [4.69, 9.17) is 0 Å². The first kappa shape index (κ1) is 15.9. The van der Waals surface area contributed by atoms with Gasteiger partial charge in [-0.1, -0.05) is 15.9 Å². The first-order valence-electron chi connectivity index (χ1n) is 6.40. The molecule has 1 atom stereocenters. The van der Waals surface area contributed by atoms with E-state index in [-0.39, 0.29) is 18.7 Å². The third-order valence-corrected chi connectivity index (χ3v) is 3.84. The summed E-state index contributed by atoms with van der Waals surface area (Å²) < 4.78 is 0.918. The Bertz CT molecular complexity index is 671. The van der Waals surface area contributed by atoms with Gasteiger partial charge in [0, 0.05) is 34.4 Å². The Morgan fingerprint density at radius 1 is 1.43 bits per heavy atom. The summed E-state index contributed by atoms with van der Waals surface area (Å²) in [5, 5.41) is 12.7. The van der Waals surface area contributed by atoms with Gasteiger partial charge in [-0.05, 0) is 29.5 Å². The average molecular weight is 371 g/mol. The Kier molecular flexibility index (Phi) is 5.30. The minimum atomic E-state index is -1.05. The van der Waals surface area contributed by atoms with Crippen molar-refractivity contribution in [2.24, 2.45) is 0 Å². The Morgan fingerprint density at radius 2 is 2.19 bits per heavy atom. The van der Waals surface area contributed by atoms with Crippen LogP contribution in [0.15, 0.2) is 28.9 Å². The lowest BCUT2D eigenvalue weighted by Crippen LogP contribution is -2.42. The van der Waals surface area contributed by atoms with Crippen LogP contribution in [0.2, 0.25) is 0 Å². The lowest BCUT2D eigenvalue weighted by molar-refractivity contribution is -0.141. The summed E-state index contributed by atoms with van der Waals surface area (Å²) in [5.41, 5.74) is 1.78. The van der Waals surface area contributed by atoms with Crippen molar-refractivity contribution in [3.05, 3.63) is 34.4 Å². The SMILES string of the molecule is O=C(CCS)N[C@@H](Cc1c[nH]c2ccc(Br)cc12)C(=O)O. The second-order valence-electron chi connectivity index (χ2n) is 4.64. The van der Waals surface area contributed by atoms with Crippen molar-refractivity contribution in [3.8, 4) is 0 Å². The number of fused-ring (bicyclic) bond motifs is 1. The van der Waals surface area contributed by atoms with Crippen LogP contribution in [0, 0.1) is 0 Å². The smallest absolute Gasteiger partial charge is 0.326 e. The molecule has 21 heavy (non-hydrogen) atoms. The fourth-order valence-corrected chi connectivity index (χ4v) is 2.67. The molecule has 1 amide bonds. The molecule has 2 aromatic rings. The minimum Gasteiger partial charge on any atom is -0.480 e. The number of hydrogen-bond donors (Lipinski definition) is 4. The molecule has 2 rings (SSSR count). The molecule has 1 heterocycles. The third kappa shape index (κ3) is 4.01. The van der Waals surface area contributed by atoms with Crippen molar-refractivity contribution < 1.29 is 14.7 Å². The molecule has 7 heteroatoms. The van der Waals surface area contributed by atoms with Crippen LogP contribution in [-0.2, 0) is 16.0 Å². The van der Waals surface area contributed by atoms with Crippen molar-refractivity contribution in [1.82, 2.24) is 10.3 Å². The van der Waals surface area contributed by atoms with Gasteiger partial charge in [0.1, 0.15) is 6.04 Å². The molecule has 0 radical (unpaired) electrons. The van der Waals surface area contributed by atoms with E-state index >= 15 is 0 Å². The van der Waals surface area contributed by atoms with Crippen LogP contribution in [0.1, 0.15) is 12.0 Å². The molecule has 0 unspecified atom stereocenters. The fraction of sp³-hybridized carbons (Fsp3) is 0.286. The molecule has 0 aliphatic heterocycles. The highest BCUT2D eigenvalue weighted by Crippen LogP contribution is 2.23. The summed E-state index contributed by atoms with van der Waals surface area (Å²) >= 11 is 7.36. The van der Waals surface area contributed by atoms with E-state index in [2.05, 4.69) is 38.9 Å². The molecular formula is C14H15BrN2O3S. The van der Waals surface area contributed by atoms with E-state index in [1.807, 2.05) is 18.2 Å². The second-order valence-corrected chi connectivity index (χ2v) is 6.00. The molecule has 0 spiro atoms. The molecule has 0 saturated heterocycles. The molecule has 3 N–H and O–H groups in total. The number of aliphatic carboxylic acids is 1. The summed E-state index contributed by atoms with van der Waals surface area (Å²) in [4.78, 5) is 26.0. The first-order valence-corrected chi connectivity index (χ1v) is 7.82. The van der Waals surface area contributed by atoms with Crippen molar-refractivity contribution >= 4 is 51.3 Å². The van der Waals surface area contributed by atoms with Gasteiger partial charge in [-0.15, -0.1) is 0 Å². The summed E-state index contributed by atoms with van der Waals surface area (Å²) in [6.45, 7) is 0. The Labute approximate surface area is 135 Å². The number of nitrogens with one attached hydrogen (secondary N) is 2. The van der Waals surface area contributed by atoms with E-state index in [0.29, 0.717) is 5.75 Å². The summed E-state index contributed by atoms with van der Waals surface area (Å²) in [5.74, 6) is -0.969. The molecule has 0 fully saturated rings. The number of hydrogen-bond acceptors (Lipinski definition) is 3. The monoisotopic (exact) mass is 370 g/mol. The number of amides is 1. The van der Waals surface area contributed by atoms with Gasteiger partial charge in [0.15, 0.2) is 0 Å². The van der Waals surface area contributed by atoms with Crippen molar-refractivity contribution in [1.29, 1.82) is 0 Å². The number of carbonyl (C=O) groups excluding carboxylic acids is 1. The number of carboxylic acids is 1. The third-order valence-electron chi connectivity index (χ3n) is 3.13. The Morgan fingerprint density at radius 3 is 2.86 bits per heavy atom. The predicted molar refractivity (Wildman–Crippen MR) is 87.7 cm³/mol. The van der Waals surface area contributed by atoms with E-state index in [9.17, 15) is 14.7 Å². The van der Waals surface area contributed by atoms with Crippen LogP contribution in [0.3, 0.4) is 0 Å². The van der Waals surface area contributed by atoms with Gasteiger partial charge in [-0.25, -0.2) is 4.79 Å². The van der Waals surface area contributed by atoms with Gasteiger partial charge in [0.05, 0.1) is 0 Å². The predicted octanol–water partition coefficient (Wildman–Crippen LogP) is 2.36. The zero-order valence-electron chi connectivity index (χ0n) is 11.1. The number of carbonyl (C=O) groups is 2. The van der Waals surface area contributed by atoms with Gasteiger partial charge < -0.3 is 15.4 Å². The van der Waals surface area contributed by atoms with Crippen molar-refractivity contribution in [2.45, 2.75) is 18.9 Å². The van der Waals surface area contributed by atoms with Crippen molar-refractivity contribution in [2.75, 3.05) is 5.75 Å². The second kappa shape index (κ2) is 7.00. The van der Waals surface area contributed by atoms with Gasteiger partial charge in [0.2, 0.25) is 5.91 Å². The maximum Gasteiger partial charge on any atom is 0.326 e. The van der Waals surface area contributed by atoms with Crippen LogP contribution >= 0.6 is 28.6 Å². The van der Waals surface area contributed by atoms with Gasteiger partial charge >= 0.3 is 5.97 Å². The maximum atomic E-state index is 11.6. The molecule has 5 nitrogen and oxygen atoms in total. The highest BCUT2D eigenvalue weighted by Gasteiger charge is 2.21. The normalized spacial score (nSPS) is 12.3. The molecule has 0 bridgehead atoms. The van der Waals surface area contributed by atoms with E-state index in [0.717, 1.165) is 20.9 Å². The molecule has 112 valence electrons. The number of H-pyrrole nitrogens is 1. The largest absolute Gasteiger partial charge is 0.480 e. The van der Waals surface area contributed by atoms with Gasteiger partial charge in [0.25, 0.3) is 0 Å².